The average molecular weight is 400 g/mol. The molecule has 3 heterocycles. The van der Waals surface area contributed by atoms with Gasteiger partial charge >= 0.3 is 0 Å². The quantitative estimate of drug-likeness (QED) is 0.819. The SMILES string of the molecule is CC.CC.NCCOC1CCN(C2CCN(c3ncc(Cl)cn3)CC2)C1=O. The summed E-state index contributed by atoms with van der Waals surface area (Å²) in [6.07, 6.45) is 5.51. The zero-order valence-corrected chi connectivity index (χ0v) is 17.8. The fraction of sp³-hybridized carbons (Fsp3) is 0.737. The third kappa shape index (κ3) is 6.59. The molecule has 1 aromatic heterocycles. The number of carbonyl (C=O) groups excluding carboxylic acids is 1. The number of ether oxygens (including phenoxy) is 1. The molecule has 0 radical (unpaired) electrons. The molecule has 1 unspecified atom stereocenters. The first kappa shape index (κ1) is 23.6. The highest BCUT2D eigenvalue weighted by Gasteiger charge is 2.37. The lowest BCUT2D eigenvalue weighted by Crippen LogP contribution is -2.47. The second kappa shape index (κ2) is 12.9. The summed E-state index contributed by atoms with van der Waals surface area (Å²) in [4.78, 5) is 25.0. The Bertz CT molecular complexity index is 535. The highest BCUT2D eigenvalue weighted by Crippen LogP contribution is 2.25. The minimum atomic E-state index is -0.309. The summed E-state index contributed by atoms with van der Waals surface area (Å²) in [6.45, 7) is 11.3. The molecule has 2 saturated heterocycles. The Hall–Kier alpha value is -1.44. The predicted octanol–water partition coefficient (Wildman–Crippen LogP) is 2.73. The van der Waals surface area contributed by atoms with Crippen molar-refractivity contribution in [2.24, 2.45) is 5.73 Å². The van der Waals surface area contributed by atoms with E-state index in [0.29, 0.717) is 24.1 Å². The van der Waals surface area contributed by atoms with Gasteiger partial charge < -0.3 is 20.3 Å². The molecule has 1 amide bonds. The minimum Gasteiger partial charge on any atom is -0.367 e. The van der Waals surface area contributed by atoms with E-state index in [1.54, 1.807) is 12.4 Å². The van der Waals surface area contributed by atoms with Crippen LogP contribution in [-0.4, -0.2) is 65.7 Å². The Morgan fingerprint density at radius 3 is 2.26 bits per heavy atom. The van der Waals surface area contributed by atoms with E-state index in [1.165, 1.54) is 0 Å². The molecule has 2 N–H and O–H groups in total. The van der Waals surface area contributed by atoms with Crippen LogP contribution in [0.25, 0.3) is 0 Å². The zero-order chi connectivity index (χ0) is 20.2. The first-order valence-corrected chi connectivity index (χ1v) is 10.4. The summed E-state index contributed by atoms with van der Waals surface area (Å²) >= 11 is 5.82. The van der Waals surface area contributed by atoms with Gasteiger partial charge in [-0.05, 0) is 12.8 Å². The van der Waals surface area contributed by atoms with Crippen molar-refractivity contribution in [2.45, 2.75) is 59.1 Å². The molecule has 0 aliphatic carbocycles. The van der Waals surface area contributed by atoms with Crippen LogP contribution in [-0.2, 0) is 9.53 Å². The highest BCUT2D eigenvalue weighted by atomic mass is 35.5. The molecule has 0 aromatic carbocycles. The van der Waals surface area contributed by atoms with Gasteiger partial charge in [-0.15, -0.1) is 0 Å². The summed E-state index contributed by atoms with van der Waals surface area (Å²) in [5.41, 5.74) is 5.43. The third-order valence-corrected chi connectivity index (χ3v) is 4.62. The number of anilines is 1. The van der Waals surface area contributed by atoms with Crippen molar-refractivity contribution in [1.29, 1.82) is 0 Å². The van der Waals surface area contributed by atoms with Crippen molar-refractivity contribution in [2.75, 3.05) is 37.7 Å². The molecule has 0 bridgehead atoms. The van der Waals surface area contributed by atoms with Crippen molar-refractivity contribution < 1.29 is 9.53 Å². The zero-order valence-electron chi connectivity index (χ0n) is 17.0. The number of halogens is 1. The molecule has 3 rings (SSSR count). The molecule has 27 heavy (non-hydrogen) atoms. The lowest BCUT2D eigenvalue weighted by Gasteiger charge is -2.36. The smallest absolute Gasteiger partial charge is 0.252 e. The summed E-state index contributed by atoms with van der Waals surface area (Å²) < 4.78 is 5.53. The first-order valence-electron chi connectivity index (χ1n) is 10.0. The first-order chi connectivity index (χ1) is 13.2. The number of aromatic nitrogens is 2. The van der Waals surface area contributed by atoms with E-state index in [9.17, 15) is 4.79 Å². The summed E-state index contributed by atoms with van der Waals surface area (Å²) in [7, 11) is 0. The van der Waals surface area contributed by atoms with Crippen molar-refractivity contribution in [3.05, 3.63) is 17.4 Å². The van der Waals surface area contributed by atoms with E-state index in [0.717, 1.165) is 38.9 Å². The fourth-order valence-electron chi connectivity index (χ4n) is 3.25. The van der Waals surface area contributed by atoms with Crippen LogP contribution in [0.3, 0.4) is 0 Å². The average Bonchev–Trinajstić information content (AvgIpc) is 3.10. The van der Waals surface area contributed by atoms with Gasteiger partial charge in [-0.1, -0.05) is 39.3 Å². The van der Waals surface area contributed by atoms with Crippen molar-refractivity contribution in [3.63, 3.8) is 0 Å². The van der Waals surface area contributed by atoms with Crippen molar-refractivity contribution in [1.82, 2.24) is 14.9 Å². The predicted molar refractivity (Wildman–Crippen MR) is 110 cm³/mol. The van der Waals surface area contributed by atoms with Crippen LogP contribution < -0.4 is 10.6 Å². The molecule has 7 nitrogen and oxygen atoms in total. The number of carbonyl (C=O) groups is 1. The monoisotopic (exact) mass is 399 g/mol. The maximum absolute atomic E-state index is 12.4. The maximum atomic E-state index is 12.4. The van der Waals surface area contributed by atoms with Gasteiger partial charge in [0.2, 0.25) is 5.95 Å². The second-order valence-corrected chi connectivity index (χ2v) is 6.32. The van der Waals surface area contributed by atoms with Gasteiger partial charge in [-0.25, -0.2) is 9.97 Å². The minimum absolute atomic E-state index is 0.111. The van der Waals surface area contributed by atoms with Gasteiger partial charge in [-0.2, -0.15) is 0 Å². The summed E-state index contributed by atoms with van der Waals surface area (Å²) in [6, 6.07) is 0.275. The summed E-state index contributed by atoms with van der Waals surface area (Å²) in [5.74, 6) is 0.810. The maximum Gasteiger partial charge on any atom is 0.252 e. The second-order valence-electron chi connectivity index (χ2n) is 5.89. The number of rotatable bonds is 5. The van der Waals surface area contributed by atoms with E-state index >= 15 is 0 Å². The topological polar surface area (TPSA) is 84.6 Å². The number of nitrogens with zero attached hydrogens (tertiary/aromatic N) is 4. The Morgan fingerprint density at radius 1 is 1.11 bits per heavy atom. The molecule has 154 valence electrons. The standard InChI is InChI=1S/C15H22ClN5O2.2C2H6/c16-11-9-18-15(19-10-11)20-5-1-12(2-6-20)21-7-3-13(14(21)22)23-8-4-17;2*1-2/h9-10,12-13H,1-8,17H2;2*1-2H3. The number of amides is 1. The van der Waals surface area contributed by atoms with Crippen LogP contribution >= 0.6 is 11.6 Å². The van der Waals surface area contributed by atoms with Gasteiger partial charge in [0.25, 0.3) is 5.91 Å². The molecule has 2 aliphatic rings. The van der Waals surface area contributed by atoms with Crippen LogP contribution in [0.15, 0.2) is 12.4 Å². The van der Waals surface area contributed by atoms with E-state index in [4.69, 9.17) is 22.1 Å². The number of piperidine rings is 1. The molecular weight excluding hydrogens is 366 g/mol. The van der Waals surface area contributed by atoms with Crippen LogP contribution in [0.2, 0.25) is 5.02 Å². The number of hydrogen-bond donors (Lipinski definition) is 1. The van der Waals surface area contributed by atoms with E-state index in [1.807, 2.05) is 32.6 Å². The summed E-state index contributed by atoms with van der Waals surface area (Å²) in [5, 5.41) is 0.537. The number of nitrogens with two attached hydrogens (primary N) is 1. The van der Waals surface area contributed by atoms with E-state index < -0.39 is 0 Å². The van der Waals surface area contributed by atoms with Crippen LogP contribution in [0.5, 0.6) is 0 Å². The van der Waals surface area contributed by atoms with Gasteiger partial charge in [0.05, 0.1) is 24.0 Å². The largest absolute Gasteiger partial charge is 0.367 e. The van der Waals surface area contributed by atoms with Crippen molar-refractivity contribution in [3.8, 4) is 0 Å². The van der Waals surface area contributed by atoms with Gasteiger partial charge in [0.1, 0.15) is 6.10 Å². The molecule has 2 aliphatic heterocycles. The van der Waals surface area contributed by atoms with Crippen LogP contribution in [0.4, 0.5) is 5.95 Å². The fourth-order valence-corrected chi connectivity index (χ4v) is 3.35. The molecule has 1 aromatic rings. The molecule has 1 atom stereocenters. The Kier molecular flexibility index (Phi) is 11.2. The lowest BCUT2D eigenvalue weighted by molar-refractivity contribution is -0.139. The van der Waals surface area contributed by atoms with E-state index in [-0.39, 0.29) is 18.1 Å². The molecule has 8 heteroatoms. The normalized spacial score (nSPS) is 19.9. The molecule has 0 spiro atoms. The Labute approximate surface area is 168 Å². The Balaban J connectivity index is 0.000000855. The number of likely N-dealkylation sites (tertiary alicyclic amines) is 1. The van der Waals surface area contributed by atoms with Gasteiger partial charge in [0, 0.05) is 38.6 Å². The third-order valence-electron chi connectivity index (χ3n) is 4.42. The van der Waals surface area contributed by atoms with Crippen molar-refractivity contribution >= 4 is 23.5 Å². The van der Waals surface area contributed by atoms with E-state index in [2.05, 4.69) is 14.9 Å². The highest BCUT2D eigenvalue weighted by molar-refractivity contribution is 6.30. The van der Waals surface area contributed by atoms with Crippen LogP contribution in [0, 0.1) is 0 Å². The van der Waals surface area contributed by atoms with Gasteiger partial charge in [-0.3, -0.25) is 4.79 Å². The molecular formula is C19H34ClN5O2. The van der Waals surface area contributed by atoms with Gasteiger partial charge in [0.15, 0.2) is 0 Å². The molecule has 0 saturated carbocycles. The van der Waals surface area contributed by atoms with Crippen LogP contribution in [0.1, 0.15) is 47.0 Å². The lowest BCUT2D eigenvalue weighted by atomic mass is 10.0. The number of hydrogen-bond acceptors (Lipinski definition) is 6. The Morgan fingerprint density at radius 2 is 1.70 bits per heavy atom. The molecule has 2 fully saturated rings.